The lowest BCUT2D eigenvalue weighted by molar-refractivity contribution is -0.138. The number of carbonyl (C=O) groups excluding carboxylic acids is 2. The maximum Gasteiger partial charge on any atom is 0.245 e. The fourth-order valence-corrected chi connectivity index (χ4v) is 3.13. The predicted octanol–water partition coefficient (Wildman–Crippen LogP) is 1.68. The average Bonchev–Trinajstić information content (AvgIpc) is 3.00. The Labute approximate surface area is 133 Å². The third-order valence-electron chi connectivity index (χ3n) is 4.45. The van der Waals surface area contributed by atoms with E-state index in [2.05, 4.69) is 20.4 Å². The monoisotopic (exact) mass is 308 g/mol. The molecule has 0 bridgehead atoms. The topological polar surface area (TPSA) is 49.9 Å². The van der Waals surface area contributed by atoms with Gasteiger partial charge < -0.3 is 14.5 Å². The van der Waals surface area contributed by atoms with Gasteiger partial charge in [0.15, 0.2) is 0 Å². The summed E-state index contributed by atoms with van der Waals surface area (Å²) in [6.07, 6.45) is 3.98. The van der Waals surface area contributed by atoms with E-state index < -0.39 is 0 Å². The third-order valence-corrected chi connectivity index (χ3v) is 4.45. The standard InChI is InChI=1S/C17H28N2O3/c1-4-16(20)18-8-5-14(6-9-18)17(21)19-10-7-15(11-19)22-12-13(2)3/h4,13-15H,1,5-12H2,2-3H3. The van der Waals surface area contributed by atoms with E-state index in [9.17, 15) is 9.59 Å². The lowest BCUT2D eigenvalue weighted by atomic mass is 9.95. The van der Waals surface area contributed by atoms with Crippen molar-refractivity contribution < 1.29 is 14.3 Å². The van der Waals surface area contributed by atoms with Crippen molar-refractivity contribution in [3.63, 3.8) is 0 Å². The van der Waals surface area contributed by atoms with Crippen molar-refractivity contribution in [2.75, 3.05) is 32.8 Å². The smallest absolute Gasteiger partial charge is 0.245 e. The molecule has 124 valence electrons. The molecule has 1 unspecified atom stereocenters. The molecule has 0 aliphatic carbocycles. The SMILES string of the molecule is C=CC(=O)N1CCC(C(=O)N2CCC(OCC(C)C)C2)CC1. The molecule has 0 radical (unpaired) electrons. The normalized spacial score (nSPS) is 23.1. The summed E-state index contributed by atoms with van der Waals surface area (Å²) in [7, 11) is 0. The fraction of sp³-hybridized carbons (Fsp3) is 0.765. The molecule has 0 saturated carbocycles. The van der Waals surface area contributed by atoms with Gasteiger partial charge in [-0.1, -0.05) is 20.4 Å². The number of hydrogen-bond acceptors (Lipinski definition) is 3. The first-order chi connectivity index (χ1) is 10.5. The molecule has 22 heavy (non-hydrogen) atoms. The van der Waals surface area contributed by atoms with Crippen LogP contribution in [0.2, 0.25) is 0 Å². The van der Waals surface area contributed by atoms with Crippen molar-refractivity contribution in [1.82, 2.24) is 9.80 Å². The molecule has 0 aromatic rings. The van der Waals surface area contributed by atoms with Gasteiger partial charge in [0, 0.05) is 38.7 Å². The summed E-state index contributed by atoms with van der Waals surface area (Å²) < 4.78 is 5.84. The summed E-state index contributed by atoms with van der Waals surface area (Å²) >= 11 is 0. The minimum Gasteiger partial charge on any atom is -0.376 e. The molecule has 5 nitrogen and oxygen atoms in total. The van der Waals surface area contributed by atoms with Crippen molar-refractivity contribution in [2.24, 2.45) is 11.8 Å². The zero-order valence-electron chi connectivity index (χ0n) is 13.8. The number of likely N-dealkylation sites (tertiary alicyclic amines) is 2. The highest BCUT2D eigenvalue weighted by Gasteiger charge is 2.33. The Morgan fingerprint density at radius 3 is 2.41 bits per heavy atom. The number of ether oxygens (including phenoxy) is 1. The van der Waals surface area contributed by atoms with Crippen LogP contribution in [-0.2, 0) is 14.3 Å². The van der Waals surface area contributed by atoms with E-state index in [1.165, 1.54) is 6.08 Å². The Bertz CT molecular complexity index is 414. The maximum atomic E-state index is 12.6. The van der Waals surface area contributed by atoms with Crippen LogP contribution in [-0.4, -0.2) is 60.5 Å². The zero-order chi connectivity index (χ0) is 16.1. The molecular formula is C17H28N2O3. The van der Waals surface area contributed by atoms with Gasteiger partial charge in [-0.3, -0.25) is 9.59 Å². The number of amides is 2. The largest absolute Gasteiger partial charge is 0.376 e. The van der Waals surface area contributed by atoms with E-state index in [-0.39, 0.29) is 23.8 Å². The maximum absolute atomic E-state index is 12.6. The molecule has 2 saturated heterocycles. The van der Waals surface area contributed by atoms with E-state index in [1.54, 1.807) is 4.90 Å². The molecule has 0 N–H and O–H groups in total. The quantitative estimate of drug-likeness (QED) is 0.726. The highest BCUT2D eigenvalue weighted by Crippen LogP contribution is 2.23. The van der Waals surface area contributed by atoms with Gasteiger partial charge in [0.25, 0.3) is 0 Å². The lowest BCUT2D eigenvalue weighted by Gasteiger charge is -2.32. The second-order valence-corrected chi connectivity index (χ2v) is 6.73. The summed E-state index contributed by atoms with van der Waals surface area (Å²) in [4.78, 5) is 27.9. The van der Waals surface area contributed by atoms with E-state index in [0.29, 0.717) is 19.0 Å². The van der Waals surface area contributed by atoms with Crippen molar-refractivity contribution >= 4 is 11.8 Å². The van der Waals surface area contributed by atoms with Crippen LogP contribution in [0.5, 0.6) is 0 Å². The molecule has 2 rings (SSSR count). The first-order valence-electron chi connectivity index (χ1n) is 8.33. The van der Waals surface area contributed by atoms with Crippen LogP contribution in [0.1, 0.15) is 33.1 Å². The van der Waals surface area contributed by atoms with E-state index >= 15 is 0 Å². The van der Waals surface area contributed by atoms with Crippen molar-refractivity contribution in [3.05, 3.63) is 12.7 Å². The highest BCUT2D eigenvalue weighted by molar-refractivity contribution is 5.87. The Hall–Kier alpha value is -1.36. The molecule has 0 spiro atoms. The third kappa shape index (κ3) is 4.32. The van der Waals surface area contributed by atoms with Gasteiger partial charge in [0.2, 0.25) is 11.8 Å². The molecule has 0 aromatic heterocycles. The first kappa shape index (κ1) is 17.0. The average molecular weight is 308 g/mol. The van der Waals surface area contributed by atoms with Crippen LogP contribution in [0.15, 0.2) is 12.7 Å². The van der Waals surface area contributed by atoms with Crippen molar-refractivity contribution in [2.45, 2.75) is 39.2 Å². The highest BCUT2D eigenvalue weighted by atomic mass is 16.5. The van der Waals surface area contributed by atoms with Gasteiger partial charge in [-0.25, -0.2) is 0 Å². The van der Waals surface area contributed by atoms with Crippen molar-refractivity contribution in [3.8, 4) is 0 Å². The summed E-state index contributed by atoms with van der Waals surface area (Å²) in [6, 6.07) is 0. The molecular weight excluding hydrogens is 280 g/mol. The Morgan fingerprint density at radius 2 is 1.82 bits per heavy atom. The molecule has 2 aliphatic heterocycles. The predicted molar refractivity (Wildman–Crippen MR) is 85.3 cm³/mol. The molecule has 2 heterocycles. The van der Waals surface area contributed by atoms with Crippen LogP contribution in [0.25, 0.3) is 0 Å². The van der Waals surface area contributed by atoms with Crippen LogP contribution in [0.4, 0.5) is 0 Å². The van der Waals surface area contributed by atoms with Gasteiger partial charge in [-0.2, -0.15) is 0 Å². The molecule has 5 heteroatoms. The summed E-state index contributed by atoms with van der Waals surface area (Å²) in [5, 5.41) is 0. The van der Waals surface area contributed by atoms with Crippen molar-refractivity contribution in [1.29, 1.82) is 0 Å². The number of nitrogens with zero attached hydrogens (tertiary/aromatic N) is 2. The fourth-order valence-electron chi connectivity index (χ4n) is 3.13. The van der Waals surface area contributed by atoms with Crippen LogP contribution in [0, 0.1) is 11.8 Å². The lowest BCUT2D eigenvalue weighted by Crippen LogP contribution is -2.43. The van der Waals surface area contributed by atoms with E-state index in [0.717, 1.165) is 39.0 Å². The Morgan fingerprint density at radius 1 is 1.18 bits per heavy atom. The second-order valence-electron chi connectivity index (χ2n) is 6.73. The molecule has 0 aromatic carbocycles. The van der Waals surface area contributed by atoms with E-state index in [4.69, 9.17) is 4.74 Å². The van der Waals surface area contributed by atoms with Gasteiger partial charge >= 0.3 is 0 Å². The zero-order valence-corrected chi connectivity index (χ0v) is 13.8. The second kappa shape index (κ2) is 7.77. The Balaban J connectivity index is 1.76. The summed E-state index contributed by atoms with van der Waals surface area (Å²) in [5.74, 6) is 0.782. The van der Waals surface area contributed by atoms with Crippen LogP contribution in [0.3, 0.4) is 0 Å². The summed E-state index contributed by atoms with van der Waals surface area (Å²) in [6.45, 7) is 11.4. The molecule has 2 fully saturated rings. The number of piperidine rings is 1. The van der Waals surface area contributed by atoms with Gasteiger partial charge in [-0.15, -0.1) is 0 Å². The molecule has 1 atom stereocenters. The minimum atomic E-state index is -0.0331. The summed E-state index contributed by atoms with van der Waals surface area (Å²) in [5.41, 5.74) is 0. The first-order valence-corrected chi connectivity index (χ1v) is 8.33. The minimum absolute atomic E-state index is 0.0331. The van der Waals surface area contributed by atoms with Crippen LogP contribution < -0.4 is 0 Å². The Kier molecular flexibility index (Phi) is 6.00. The van der Waals surface area contributed by atoms with Gasteiger partial charge in [0.1, 0.15) is 0 Å². The van der Waals surface area contributed by atoms with Crippen LogP contribution >= 0.6 is 0 Å². The number of carbonyl (C=O) groups is 2. The van der Waals surface area contributed by atoms with Gasteiger partial charge in [0.05, 0.1) is 6.10 Å². The van der Waals surface area contributed by atoms with E-state index in [1.807, 2.05) is 4.90 Å². The number of rotatable bonds is 5. The number of hydrogen-bond donors (Lipinski definition) is 0. The van der Waals surface area contributed by atoms with Gasteiger partial charge in [-0.05, 0) is 31.3 Å². The molecule has 2 amide bonds. The molecule has 2 aliphatic rings.